The van der Waals surface area contributed by atoms with E-state index in [4.69, 9.17) is 10.8 Å². The van der Waals surface area contributed by atoms with E-state index in [9.17, 15) is 9.59 Å². The summed E-state index contributed by atoms with van der Waals surface area (Å²) in [6.45, 7) is 0. The number of rotatable bonds is 4. The fourth-order valence-corrected chi connectivity index (χ4v) is 0.816. The zero-order valence-electron chi connectivity index (χ0n) is 5.78. The molecule has 11 heavy (non-hydrogen) atoms. The Morgan fingerprint density at radius 1 is 1.64 bits per heavy atom. The van der Waals surface area contributed by atoms with Crippen molar-refractivity contribution >= 4 is 24.6 Å². The first-order chi connectivity index (χ1) is 5.07. The molecule has 0 radical (unpaired) electrons. The van der Waals surface area contributed by atoms with Gasteiger partial charge < -0.3 is 16.2 Å². The van der Waals surface area contributed by atoms with Crippen LogP contribution in [0.25, 0.3) is 0 Å². The third-order valence-electron chi connectivity index (χ3n) is 1.03. The first-order valence-electron chi connectivity index (χ1n) is 2.97. The summed E-state index contributed by atoms with van der Waals surface area (Å²) >= 11 is 3.82. The highest BCUT2D eigenvalue weighted by Gasteiger charge is 2.16. The molecule has 0 aromatic carbocycles. The number of carboxylic acid groups (broad SMARTS) is 1. The van der Waals surface area contributed by atoms with E-state index < -0.39 is 18.0 Å². The van der Waals surface area contributed by atoms with Crippen molar-refractivity contribution in [3.05, 3.63) is 0 Å². The molecule has 5 nitrogen and oxygen atoms in total. The molecule has 6 heteroatoms. The summed E-state index contributed by atoms with van der Waals surface area (Å²) < 4.78 is 0. The summed E-state index contributed by atoms with van der Waals surface area (Å²) in [6, 6.07) is -1.76. The van der Waals surface area contributed by atoms with Gasteiger partial charge in [0.2, 0.25) is 0 Å². The molecule has 0 aliphatic heterocycles. The Hall–Kier alpha value is -0.910. The van der Waals surface area contributed by atoms with Crippen LogP contribution in [0.1, 0.15) is 6.42 Å². The van der Waals surface area contributed by atoms with Crippen molar-refractivity contribution in [3.63, 3.8) is 0 Å². The fraction of sp³-hybridized carbons (Fsp3) is 0.600. The SMILES string of the molecule is NC(=O)NC(CCS)C(=O)O. The Bertz CT molecular complexity index is 162. The molecule has 0 bridgehead atoms. The number of primary amides is 1. The maximum Gasteiger partial charge on any atom is 0.326 e. The lowest BCUT2D eigenvalue weighted by Gasteiger charge is -2.10. The van der Waals surface area contributed by atoms with Crippen LogP contribution in [0.15, 0.2) is 0 Å². The predicted octanol–water partition coefficient (Wildman–Crippen LogP) is -0.572. The quantitative estimate of drug-likeness (QED) is 0.434. The highest BCUT2D eigenvalue weighted by Crippen LogP contribution is 1.93. The van der Waals surface area contributed by atoms with E-state index in [0.29, 0.717) is 5.75 Å². The standard InChI is InChI=1S/C5H10N2O3S/c6-5(10)7-3(1-2-11)4(8)9/h3,11H,1-2H2,(H,8,9)(H3,6,7,10). The van der Waals surface area contributed by atoms with Crippen molar-refractivity contribution in [1.82, 2.24) is 5.32 Å². The number of carboxylic acids is 1. The van der Waals surface area contributed by atoms with Gasteiger partial charge in [0.15, 0.2) is 0 Å². The number of amides is 2. The molecular formula is C5H10N2O3S. The highest BCUT2D eigenvalue weighted by molar-refractivity contribution is 7.80. The van der Waals surface area contributed by atoms with E-state index in [-0.39, 0.29) is 6.42 Å². The Labute approximate surface area is 69.4 Å². The second-order valence-corrected chi connectivity index (χ2v) is 2.36. The lowest BCUT2D eigenvalue weighted by atomic mass is 10.2. The van der Waals surface area contributed by atoms with Gasteiger partial charge in [-0.25, -0.2) is 9.59 Å². The lowest BCUT2D eigenvalue weighted by molar-refractivity contribution is -0.139. The van der Waals surface area contributed by atoms with Gasteiger partial charge in [0.25, 0.3) is 0 Å². The van der Waals surface area contributed by atoms with Gasteiger partial charge in [-0.3, -0.25) is 0 Å². The van der Waals surface area contributed by atoms with Crippen LogP contribution in [0.2, 0.25) is 0 Å². The summed E-state index contributed by atoms with van der Waals surface area (Å²) in [5, 5.41) is 10.5. The van der Waals surface area contributed by atoms with E-state index in [0.717, 1.165) is 0 Å². The minimum atomic E-state index is -1.10. The molecule has 0 fully saturated rings. The number of thiol groups is 1. The Balaban J connectivity index is 3.89. The summed E-state index contributed by atoms with van der Waals surface area (Å²) in [4.78, 5) is 20.5. The first kappa shape index (κ1) is 10.1. The van der Waals surface area contributed by atoms with E-state index in [1.54, 1.807) is 0 Å². The van der Waals surface area contributed by atoms with E-state index in [2.05, 4.69) is 17.9 Å². The molecule has 2 amide bonds. The molecule has 1 unspecified atom stereocenters. The molecule has 0 saturated heterocycles. The molecule has 0 aliphatic rings. The molecule has 0 spiro atoms. The zero-order chi connectivity index (χ0) is 8.85. The molecular weight excluding hydrogens is 168 g/mol. The van der Waals surface area contributed by atoms with E-state index in [1.165, 1.54) is 0 Å². The molecule has 0 aliphatic carbocycles. The van der Waals surface area contributed by atoms with Crippen LogP contribution < -0.4 is 11.1 Å². The Morgan fingerprint density at radius 3 is 2.45 bits per heavy atom. The number of hydrogen-bond acceptors (Lipinski definition) is 3. The third-order valence-corrected chi connectivity index (χ3v) is 1.29. The van der Waals surface area contributed by atoms with Crippen LogP contribution in [0, 0.1) is 0 Å². The summed E-state index contributed by atoms with van der Waals surface area (Å²) in [6.07, 6.45) is 0.265. The largest absolute Gasteiger partial charge is 0.480 e. The number of nitrogens with two attached hydrogens (primary N) is 1. The minimum absolute atomic E-state index is 0.265. The maximum absolute atomic E-state index is 10.3. The summed E-state index contributed by atoms with van der Waals surface area (Å²) in [5.41, 5.74) is 4.72. The van der Waals surface area contributed by atoms with Gasteiger partial charge in [-0.1, -0.05) is 0 Å². The molecule has 0 saturated carbocycles. The monoisotopic (exact) mass is 178 g/mol. The van der Waals surface area contributed by atoms with E-state index in [1.807, 2.05) is 0 Å². The van der Waals surface area contributed by atoms with Crippen LogP contribution in [0.5, 0.6) is 0 Å². The first-order valence-corrected chi connectivity index (χ1v) is 3.60. The van der Waals surface area contributed by atoms with Crippen molar-refractivity contribution < 1.29 is 14.7 Å². The second-order valence-electron chi connectivity index (χ2n) is 1.91. The number of carbonyl (C=O) groups excluding carboxylic acids is 1. The molecule has 0 rings (SSSR count). The normalized spacial score (nSPS) is 12.1. The smallest absolute Gasteiger partial charge is 0.326 e. The molecule has 0 heterocycles. The molecule has 4 N–H and O–H groups in total. The summed E-state index contributed by atoms with van der Waals surface area (Å²) in [7, 11) is 0. The lowest BCUT2D eigenvalue weighted by Crippen LogP contribution is -2.43. The van der Waals surface area contributed by atoms with Crippen molar-refractivity contribution in [2.75, 3.05) is 5.75 Å². The van der Waals surface area contributed by atoms with Crippen LogP contribution in [0.3, 0.4) is 0 Å². The zero-order valence-corrected chi connectivity index (χ0v) is 6.67. The maximum atomic E-state index is 10.3. The summed E-state index contributed by atoms with van der Waals surface area (Å²) in [5.74, 6) is -0.713. The van der Waals surface area contributed by atoms with Crippen molar-refractivity contribution in [2.24, 2.45) is 5.73 Å². The molecule has 0 aromatic rings. The average molecular weight is 178 g/mol. The average Bonchev–Trinajstić information content (AvgIpc) is 1.86. The van der Waals surface area contributed by atoms with Gasteiger partial charge in [0.05, 0.1) is 0 Å². The number of urea groups is 1. The topological polar surface area (TPSA) is 92.4 Å². The molecule has 64 valence electrons. The Morgan fingerprint density at radius 2 is 2.18 bits per heavy atom. The third kappa shape index (κ3) is 4.49. The van der Waals surface area contributed by atoms with Gasteiger partial charge in [-0.15, -0.1) is 0 Å². The van der Waals surface area contributed by atoms with Crippen molar-refractivity contribution in [3.8, 4) is 0 Å². The fourth-order valence-electron chi connectivity index (χ4n) is 0.558. The van der Waals surface area contributed by atoms with Gasteiger partial charge in [-0.2, -0.15) is 12.6 Å². The van der Waals surface area contributed by atoms with Gasteiger partial charge >= 0.3 is 12.0 Å². The Kier molecular flexibility index (Phi) is 4.44. The van der Waals surface area contributed by atoms with Crippen LogP contribution >= 0.6 is 12.6 Å². The van der Waals surface area contributed by atoms with Crippen molar-refractivity contribution in [2.45, 2.75) is 12.5 Å². The van der Waals surface area contributed by atoms with Gasteiger partial charge in [-0.05, 0) is 12.2 Å². The van der Waals surface area contributed by atoms with Crippen LogP contribution in [-0.4, -0.2) is 28.9 Å². The van der Waals surface area contributed by atoms with Crippen molar-refractivity contribution in [1.29, 1.82) is 0 Å². The molecule has 1 atom stereocenters. The van der Waals surface area contributed by atoms with Crippen LogP contribution in [0.4, 0.5) is 4.79 Å². The number of nitrogens with one attached hydrogen (secondary N) is 1. The van der Waals surface area contributed by atoms with Crippen LogP contribution in [-0.2, 0) is 4.79 Å². The minimum Gasteiger partial charge on any atom is -0.480 e. The van der Waals surface area contributed by atoms with E-state index >= 15 is 0 Å². The molecule has 0 aromatic heterocycles. The number of aliphatic carboxylic acids is 1. The highest BCUT2D eigenvalue weighted by atomic mass is 32.1. The number of carbonyl (C=O) groups is 2. The van der Waals surface area contributed by atoms with Gasteiger partial charge in [0, 0.05) is 0 Å². The predicted molar refractivity (Wildman–Crippen MR) is 42.6 cm³/mol. The second kappa shape index (κ2) is 4.84. The number of hydrogen-bond donors (Lipinski definition) is 4. The van der Waals surface area contributed by atoms with Gasteiger partial charge in [0.1, 0.15) is 6.04 Å².